The van der Waals surface area contributed by atoms with Gasteiger partial charge in [-0.1, -0.05) is 124 Å². The van der Waals surface area contributed by atoms with Crippen LogP contribution in [0.2, 0.25) is 0 Å². The summed E-state index contributed by atoms with van der Waals surface area (Å²) >= 11 is 0. The third-order valence-corrected chi connectivity index (χ3v) is 29.7. The van der Waals surface area contributed by atoms with Crippen molar-refractivity contribution in [2.24, 2.45) is 71.0 Å². The smallest absolute Gasteiger partial charge is 0.269 e. The standard InChI is InChI=1S/C92H96N4O/c1-88(2,3)70-20-21-93-86(40-70)96-82-15-5-4-12-80(82)81-19-18-77(42-85(81)96)97-76-11-8-10-75(41-76)94-55-95(84-17-7-6-16-83(84)94)87-78(68-34-71(89-43-56-22-57(44-89)24-58(23-56)45-89)38-72(35-68)90-46-59-25-60(47-90)27-61(26-59)48-90)13-9-14-79(87)69-36-73(91-49-62-28-63(50-91)30-64(29-62)51-91)39-74(37-69)92-52-65-31-66(53-92)33-67(32-65)54-92/h4-21,34-42,56-67H,22-33,43-54H2,1-3H3. The minimum atomic E-state index is -0.0170. The minimum Gasteiger partial charge on any atom is -0.458 e. The van der Waals surface area contributed by atoms with Gasteiger partial charge in [0, 0.05) is 23.0 Å². The van der Waals surface area contributed by atoms with Crippen molar-refractivity contribution in [3.63, 3.8) is 0 Å². The monoisotopic (exact) mass is 1270 g/mol. The number of rotatable bonds is 11. The molecule has 0 aliphatic heterocycles. The third kappa shape index (κ3) is 9.05. The van der Waals surface area contributed by atoms with E-state index in [1.54, 1.807) is 22.3 Å². The zero-order valence-electron chi connectivity index (χ0n) is 57.7. The highest BCUT2D eigenvalue weighted by Crippen LogP contribution is 2.67. The summed E-state index contributed by atoms with van der Waals surface area (Å²) in [5.74, 6) is 13.1. The van der Waals surface area contributed by atoms with Crippen molar-refractivity contribution in [2.45, 2.75) is 202 Å². The molecular weight excluding hydrogens is 1180 g/mol. The molecule has 3 heterocycles. The van der Waals surface area contributed by atoms with Crippen LogP contribution in [0.1, 0.15) is 203 Å². The number of imidazole rings is 1. The van der Waals surface area contributed by atoms with Gasteiger partial charge in [-0.25, -0.2) is 4.98 Å². The molecule has 5 heteroatoms. The summed E-state index contributed by atoms with van der Waals surface area (Å²) in [5, 5.41) is 2.39. The fraction of sp³-hybridized carbons (Fsp3) is 0.478. The number of pyridine rings is 1. The summed E-state index contributed by atoms with van der Waals surface area (Å²) in [4.78, 5) is 5.01. The quantitative estimate of drug-likeness (QED) is 0.0956. The van der Waals surface area contributed by atoms with E-state index in [-0.39, 0.29) is 27.1 Å². The van der Waals surface area contributed by atoms with Gasteiger partial charge in [-0.2, -0.15) is 0 Å². The Morgan fingerprint density at radius 1 is 0.402 bits per heavy atom. The number of hydrogen-bond acceptors (Lipinski definition) is 2. The average molecular weight is 1270 g/mol. The van der Waals surface area contributed by atoms with E-state index in [4.69, 9.17) is 9.72 Å². The lowest BCUT2D eigenvalue weighted by Gasteiger charge is -2.58. The molecule has 97 heavy (non-hydrogen) atoms. The molecule has 16 aliphatic rings. The predicted octanol–water partition coefficient (Wildman–Crippen LogP) is 22.5. The van der Waals surface area contributed by atoms with Gasteiger partial charge in [-0.05, 0) is 351 Å². The van der Waals surface area contributed by atoms with E-state index in [2.05, 4.69) is 199 Å². The van der Waals surface area contributed by atoms with Gasteiger partial charge in [-0.3, -0.25) is 13.7 Å². The number of ether oxygens (including phenoxy) is 1. The SMILES string of the molecule is CC(C)(C)c1ccnc(-n2c3ccccc3c3ccc(Oc4cccc(-n5[c-][n+](-c6c(-c7cc(C89CC%10CC(CC(C%10)C8)C9)cc(C89CC%10CC(CC(C%10)C8)C9)c7)cccc6-c6cc(C78CC9CC(CC(C9)C7)C8)cc(C78CC9CC(CC(C9)C7)C8)c6)c6ccccc65)c4)cc32)c1. The maximum atomic E-state index is 7.10. The molecule has 3 aromatic heterocycles. The Bertz CT molecular complexity index is 4480. The fourth-order valence-corrected chi connectivity index (χ4v) is 27.4. The van der Waals surface area contributed by atoms with Gasteiger partial charge in [0.15, 0.2) is 0 Å². The zero-order valence-corrected chi connectivity index (χ0v) is 57.7. The Morgan fingerprint density at radius 2 is 0.825 bits per heavy atom. The van der Waals surface area contributed by atoms with Crippen LogP contribution in [0, 0.1) is 77.3 Å². The van der Waals surface area contributed by atoms with E-state index < -0.39 is 0 Å². The van der Waals surface area contributed by atoms with Gasteiger partial charge in [0.05, 0.1) is 33.4 Å². The first-order valence-electron chi connectivity index (χ1n) is 39.0. The van der Waals surface area contributed by atoms with Gasteiger partial charge in [0.2, 0.25) is 0 Å². The molecule has 10 aromatic rings. The van der Waals surface area contributed by atoms with Crippen LogP contribution in [0.3, 0.4) is 0 Å². The summed E-state index contributed by atoms with van der Waals surface area (Å²) in [6.45, 7) is 6.83. The Kier molecular flexibility index (Phi) is 12.3. The van der Waals surface area contributed by atoms with Gasteiger partial charge < -0.3 is 4.74 Å². The molecule has 0 unspecified atom stereocenters. The van der Waals surface area contributed by atoms with E-state index in [9.17, 15) is 0 Å². The number of nitrogens with zero attached hydrogens (tertiary/aromatic N) is 4. The van der Waals surface area contributed by atoms with Gasteiger partial charge in [-0.15, -0.1) is 0 Å². The molecule has 490 valence electrons. The van der Waals surface area contributed by atoms with E-state index in [1.165, 1.54) is 204 Å². The first-order valence-corrected chi connectivity index (χ1v) is 39.0. The first-order chi connectivity index (χ1) is 47.3. The van der Waals surface area contributed by atoms with E-state index in [0.29, 0.717) is 0 Å². The van der Waals surface area contributed by atoms with Crippen molar-refractivity contribution in [2.75, 3.05) is 0 Å². The van der Waals surface area contributed by atoms with Crippen LogP contribution < -0.4 is 9.30 Å². The maximum absolute atomic E-state index is 7.10. The maximum Gasteiger partial charge on any atom is 0.269 e. The molecule has 0 atom stereocenters. The molecule has 0 N–H and O–H groups in total. The van der Waals surface area contributed by atoms with Crippen LogP contribution in [0.25, 0.3) is 72.3 Å². The molecule has 16 bridgehead atoms. The molecule has 5 nitrogen and oxygen atoms in total. The highest BCUT2D eigenvalue weighted by molar-refractivity contribution is 6.09. The van der Waals surface area contributed by atoms with Gasteiger partial charge in [0.1, 0.15) is 17.3 Å². The lowest BCUT2D eigenvalue weighted by Crippen LogP contribution is -2.50. The molecule has 0 saturated heterocycles. The molecule has 7 aromatic carbocycles. The normalized spacial score (nSPS) is 34.5. The van der Waals surface area contributed by atoms with Crippen LogP contribution in [0.4, 0.5) is 0 Å². The third-order valence-electron chi connectivity index (χ3n) is 29.7. The van der Waals surface area contributed by atoms with Gasteiger partial charge in [0.25, 0.3) is 6.33 Å². The van der Waals surface area contributed by atoms with E-state index in [0.717, 1.165) is 111 Å². The zero-order chi connectivity index (χ0) is 63.9. The second-order valence-electron chi connectivity index (χ2n) is 37.1. The second kappa shape index (κ2) is 20.7. The number of aromatic nitrogens is 4. The Balaban J connectivity index is 0.738. The van der Waals surface area contributed by atoms with Crippen molar-refractivity contribution < 1.29 is 9.30 Å². The molecule has 0 spiro atoms. The predicted molar refractivity (Wildman–Crippen MR) is 391 cm³/mol. The molecule has 16 fully saturated rings. The Labute approximate surface area is 574 Å². The van der Waals surface area contributed by atoms with Crippen LogP contribution in [0.5, 0.6) is 11.5 Å². The lowest BCUT2D eigenvalue weighted by atomic mass is 9.46. The molecular formula is C92H96N4O. The van der Waals surface area contributed by atoms with Crippen molar-refractivity contribution in [1.29, 1.82) is 0 Å². The molecule has 0 amide bonds. The van der Waals surface area contributed by atoms with E-state index >= 15 is 0 Å². The lowest BCUT2D eigenvalue weighted by molar-refractivity contribution is -0.571. The van der Waals surface area contributed by atoms with Crippen molar-refractivity contribution in [3.8, 4) is 50.9 Å². The molecule has 26 rings (SSSR count). The van der Waals surface area contributed by atoms with Crippen LogP contribution in [0.15, 0.2) is 164 Å². The fourth-order valence-electron chi connectivity index (χ4n) is 27.4. The molecule has 16 aliphatic carbocycles. The first kappa shape index (κ1) is 57.6. The summed E-state index contributed by atoms with van der Waals surface area (Å²) in [5.41, 5.74) is 21.7. The number of benzene rings is 7. The number of fused-ring (bicyclic) bond motifs is 4. The van der Waals surface area contributed by atoms with Crippen molar-refractivity contribution in [3.05, 3.63) is 198 Å². The van der Waals surface area contributed by atoms with Gasteiger partial charge >= 0.3 is 0 Å². The summed E-state index contributed by atoms with van der Waals surface area (Å²) < 4.78 is 14.3. The summed E-state index contributed by atoms with van der Waals surface area (Å²) in [7, 11) is 0. The summed E-state index contributed by atoms with van der Waals surface area (Å²) in [6, 6.07) is 62.6. The highest BCUT2D eigenvalue weighted by Gasteiger charge is 2.57. The second-order valence-corrected chi connectivity index (χ2v) is 37.1. The van der Waals surface area contributed by atoms with Crippen LogP contribution in [-0.2, 0) is 27.1 Å². The van der Waals surface area contributed by atoms with Crippen molar-refractivity contribution >= 4 is 32.8 Å². The van der Waals surface area contributed by atoms with Crippen molar-refractivity contribution in [1.82, 2.24) is 14.1 Å². The average Bonchev–Trinajstić information content (AvgIpc) is 1.44. The molecule has 0 radical (unpaired) electrons. The van der Waals surface area contributed by atoms with Crippen LogP contribution >= 0.6 is 0 Å². The topological polar surface area (TPSA) is 35.9 Å². The van der Waals surface area contributed by atoms with E-state index in [1.807, 2.05) is 6.20 Å². The Hall–Kier alpha value is -7.24. The Morgan fingerprint density at radius 3 is 1.30 bits per heavy atom. The highest BCUT2D eigenvalue weighted by atomic mass is 16.5. The summed E-state index contributed by atoms with van der Waals surface area (Å²) in [6.07, 6.45) is 40.6. The minimum absolute atomic E-state index is 0.0170. The van der Waals surface area contributed by atoms with Crippen LogP contribution in [-0.4, -0.2) is 14.1 Å². The largest absolute Gasteiger partial charge is 0.458 e. The number of hydrogen-bond donors (Lipinski definition) is 0. The molecule has 16 saturated carbocycles. The number of para-hydroxylation sites is 4.